The standard InChI is InChI=1S/C18H32N4OSi/c1-18(2,3)24(4,5)23-16-12-22(9-8-15(16)19)17-20-10-14(11-21-17)13-6-7-13/h10-11,13,15-16H,6-9,12,19H2,1-5H3/t15-,16-/m1/s1. The third-order valence-electron chi connectivity index (χ3n) is 5.85. The fraction of sp³-hybridized carbons (Fsp3) is 0.778. The van der Waals surface area contributed by atoms with Gasteiger partial charge in [0.15, 0.2) is 8.32 Å². The summed E-state index contributed by atoms with van der Waals surface area (Å²) >= 11 is 0. The maximum atomic E-state index is 6.60. The summed E-state index contributed by atoms with van der Waals surface area (Å²) in [5.74, 6) is 1.51. The Morgan fingerprint density at radius 1 is 1.17 bits per heavy atom. The summed E-state index contributed by atoms with van der Waals surface area (Å²) in [4.78, 5) is 11.4. The van der Waals surface area contributed by atoms with Crippen molar-refractivity contribution in [3.63, 3.8) is 0 Å². The van der Waals surface area contributed by atoms with Gasteiger partial charge in [-0.3, -0.25) is 0 Å². The fourth-order valence-electron chi connectivity index (χ4n) is 2.92. The molecular formula is C18H32N4OSi. The SMILES string of the molecule is CC(C)(C)[Si](C)(C)O[C@@H]1CN(c2ncc(C3CC3)cn2)CC[C@H]1N. The number of piperidine rings is 1. The van der Waals surface area contributed by atoms with Crippen molar-refractivity contribution in [3.05, 3.63) is 18.0 Å². The molecular weight excluding hydrogens is 316 g/mol. The van der Waals surface area contributed by atoms with E-state index in [4.69, 9.17) is 10.2 Å². The van der Waals surface area contributed by atoms with E-state index in [2.05, 4.69) is 48.7 Å². The lowest BCUT2D eigenvalue weighted by molar-refractivity contribution is 0.139. The highest BCUT2D eigenvalue weighted by atomic mass is 28.4. The van der Waals surface area contributed by atoms with Crippen LogP contribution in [0.3, 0.4) is 0 Å². The van der Waals surface area contributed by atoms with Crippen molar-refractivity contribution < 1.29 is 4.43 Å². The molecule has 1 aromatic rings. The largest absolute Gasteiger partial charge is 0.411 e. The fourth-order valence-corrected chi connectivity index (χ4v) is 4.28. The van der Waals surface area contributed by atoms with Gasteiger partial charge in [0.25, 0.3) is 0 Å². The molecule has 2 fully saturated rings. The second-order valence-electron chi connectivity index (χ2n) is 8.91. The minimum Gasteiger partial charge on any atom is -0.411 e. The van der Waals surface area contributed by atoms with E-state index in [1.165, 1.54) is 18.4 Å². The van der Waals surface area contributed by atoms with Crippen LogP contribution in [0.25, 0.3) is 0 Å². The Hall–Kier alpha value is -0.983. The molecule has 134 valence electrons. The van der Waals surface area contributed by atoms with Crippen LogP contribution in [-0.2, 0) is 4.43 Å². The second kappa shape index (κ2) is 6.39. The van der Waals surface area contributed by atoms with Crippen LogP contribution in [-0.4, -0.2) is 43.5 Å². The van der Waals surface area contributed by atoms with Crippen LogP contribution >= 0.6 is 0 Å². The van der Waals surface area contributed by atoms with Crippen LogP contribution < -0.4 is 10.6 Å². The van der Waals surface area contributed by atoms with E-state index in [9.17, 15) is 0 Å². The van der Waals surface area contributed by atoms with Crippen LogP contribution in [0.15, 0.2) is 12.4 Å². The molecule has 2 atom stereocenters. The quantitative estimate of drug-likeness (QED) is 0.846. The van der Waals surface area contributed by atoms with Crippen molar-refractivity contribution in [2.75, 3.05) is 18.0 Å². The summed E-state index contributed by atoms with van der Waals surface area (Å²) < 4.78 is 6.60. The van der Waals surface area contributed by atoms with Gasteiger partial charge in [0.05, 0.1) is 6.10 Å². The molecule has 1 aromatic heterocycles. The van der Waals surface area contributed by atoms with E-state index >= 15 is 0 Å². The molecule has 0 radical (unpaired) electrons. The molecule has 2 aliphatic rings. The van der Waals surface area contributed by atoms with E-state index in [1.54, 1.807) is 0 Å². The van der Waals surface area contributed by atoms with Crippen molar-refractivity contribution in [2.24, 2.45) is 5.73 Å². The maximum Gasteiger partial charge on any atom is 0.225 e. The molecule has 0 aromatic carbocycles. The first kappa shape index (κ1) is 17.8. The van der Waals surface area contributed by atoms with E-state index in [0.717, 1.165) is 25.5 Å². The molecule has 1 saturated carbocycles. The molecule has 1 aliphatic carbocycles. The number of nitrogens with two attached hydrogens (primary N) is 1. The Labute approximate surface area is 147 Å². The summed E-state index contributed by atoms with van der Waals surface area (Å²) in [6, 6.07) is 0.0983. The first-order valence-corrected chi connectivity index (χ1v) is 12.1. The Bertz CT molecular complexity index is 565. The third-order valence-corrected chi connectivity index (χ3v) is 10.4. The van der Waals surface area contributed by atoms with E-state index in [1.807, 2.05) is 12.4 Å². The number of hydrogen-bond acceptors (Lipinski definition) is 5. The Balaban J connectivity index is 1.68. The molecule has 1 saturated heterocycles. The highest BCUT2D eigenvalue weighted by Gasteiger charge is 2.41. The molecule has 0 bridgehead atoms. The number of nitrogens with zero attached hydrogens (tertiary/aromatic N) is 3. The summed E-state index contributed by atoms with van der Waals surface area (Å²) in [7, 11) is -1.83. The van der Waals surface area contributed by atoms with Crippen LogP contribution in [0.2, 0.25) is 18.1 Å². The molecule has 24 heavy (non-hydrogen) atoms. The second-order valence-corrected chi connectivity index (χ2v) is 13.7. The van der Waals surface area contributed by atoms with Gasteiger partial charge in [0.1, 0.15) is 0 Å². The lowest BCUT2D eigenvalue weighted by Crippen LogP contribution is -2.57. The normalized spacial score (nSPS) is 25.8. The zero-order valence-corrected chi connectivity index (χ0v) is 16.7. The van der Waals surface area contributed by atoms with E-state index in [0.29, 0.717) is 5.92 Å². The number of hydrogen-bond donors (Lipinski definition) is 1. The number of rotatable bonds is 4. The average molecular weight is 349 g/mol. The molecule has 5 nitrogen and oxygen atoms in total. The van der Waals surface area contributed by atoms with Gasteiger partial charge in [0.2, 0.25) is 5.95 Å². The summed E-state index contributed by atoms with van der Waals surface area (Å²) in [5.41, 5.74) is 7.65. The number of anilines is 1. The predicted molar refractivity (Wildman–Crippen MR) is 101 cm³/mol. The van der Waals surface area contributed by atoms with Crippen molar-refractivity contribution >= 4 is 14.3 Å². The van der Waals surface area contributed by atoms with Gasteiger partial charge in [-0.25, -0.2) is 9.97 Å². The van der Waals surface area contributed by atoms with Gasteiger partial charge in [-0.05, 0) is 48.9 Å². The van der Waals surface area contributed by atoms with Crippen LogP contribution in [0.1, 0.15) is 51.5 Å². The van der Waals surface area contributed by atoms with Gasteiger partial charge in [-0.1, -0.05) is 20.8 Å². The van der Waals surface area contributed by atoms with Gasteiger partial charge in [-0.15, -0.1) is 0 Å². The minimum atomic E-state index is -1.83. The highest BCUT2D eigenvalue weighted by Crippen LogP contribution is 2.40. The van der Waals surface area contributed by atoms with Gasteiger partial charge in [-0.2, -0.15) is 0 Å². The zero-order valence-electron chi connectivity index (χ0n) is 15.7. The van der Waals surface area contributed by atoms with Crippen molar-refractivity contribution in [2.45, 2.75) is 76.2 Å². The van der Waals surface area contributed by atoms with Gasteiger partial charge in [0, 0.05) is 31.5 Å². The summed E-state index contributed by atoms with van der Waals surface area (Å²) in [6.07, 6.45) is 7.54. The smallest absolute Gasteiger partial charge is 0.225 e. The number of aromatic nitrogens is 2. The first-order chi connectivity index (χ1) is 11.2. The average Bonchev–Trinajstić information content (AvgIpc) is 3.33. The maximum absolute atomic E-state index is 6.60. The molecule has 6 heteroatoms. The Morgan fingerprint density at radius 2 is 1.79 bits per heavy atom. The molecule has 0 spiro atoms. The van der Waals surface area contributed by atoms with E-state index < -0.39 is 8.32 Å². The molecule has 0 amide bonds. The summed E-state index contributed by atoms with van der Waals surface area (Å²) in [5, 5.41) is 0.192. The van der Waals surface area contributed by atoms with Crippen molar-refractivity contribution in [1.82, 2.24) is 9.97 Å². The predicted octanol–water partition coefficient (Wildman–Crippen LogP) is 3.28. The first-order valence-electron chi connectivity index (χ1n) is 9.18. The molecule has 1 aliphatic heterocycles. The van der Waals surface area contributed by atoms with Crippen LogP contribution in [0, 0.1) is 0 Å². The Morgan fingerprint density at radius 3 is 2.33 bits per heavy atom. The summed E-state index contributed by atoms with van der Waals surface area (Å²) in [6.45, 7) is 13.1. The zero-order chi connectivity index (χ0) is 17.5. The lowest BCUT2D eigenvalue weighted by Gasteiger charge is -2.44. The topological polar surface area (TPSA) is 64.3 Å². The minimum absolute atomic E-state index is 0.0614. The molecule has 2 heterocycles. The van der Waals surface area contributed by atoms with E-state index in [-0.39, 0.29) is 17.2 Å². The molecule has 2 N–H and O–H groups in total. The van der Waals surface area contributed by atoms with Crippen LogP contribution in [0.5, 0.6) is 0 Å². The van der Waals surface area contributed by atoms with Crippen LogP contribution in [0.4, 0.5) is 5.95 Å². The molecule has 3 rings (SSSR count). The lowest BCUT2D eigenvalue weighted by atomic mass is 10.0. The van der Waals surface area contributed by atoms with Crippen molar-refractivity contribution in [3.8, 4) is 0 Å². The molecule has 0 unspecified atom stereocenters. The van der Waals surface area contributed by atoms with Gasteiger partial charge < -0.3 is 15.1 Å². The monoisotopic (exact) mass is 348 g/mol. The highest BCUT2D eigenvalue weighted by molar-refractivity contribution is 6.74. The third kappa shape index (κ3) is 3.81. The van der Waals surface area contributed by atoms with Crippen molar-refractivity contribution in [1.29, 1.82) is 0 Å². The van der Waals surface area contributed by atoms with Gasteiger partial charge >= 0.3 is 0 Å². The Kier molecular flexibility index (Phi) is 4.75.